The Bertz CT molecular complexity index is 442. The molecule has 0 saturated carbocycles. The molecule has 2 rings (SSSR count). The van der Waals surface area contributed by atoms with Gasteiger partial charge in [0.25, 0.3) is 0 Å². The van der Waals surface area contributed by atoms with Crippen LogP contribution in [0.1, 0.15) is 30.6 Å². The van der Waals surface area contributed by atoms with Crippen LogP contribution in [0, 0.1) is 6.92 Å². The van der Waals surface area contributed by atoms with Gasteiger partial charge in [-0.05, 0) is 32.0 Å². The fourth-order valence-corrected chi connectivity index (χ4v) is 2.97. The Morgan fingerprint density at radius 1 is 1.19 bits per heavy atom. The summed E-state index contributed by atoms with van der Waals surface area (Å²) >= 11 is 0. The number of rotatable bonds is 6. The van der Waals surface area contributed by atoms with Gasteiger partial charge in [-0.1, -0.05) is 18.6 Å². The summed E-state index contributed by atoms with van der Waals surface area (Å²) in [6.45, 7) is 10.4. The molecular weight excluding hydrogens is 264 g/mol. The summed E-state index contributed by atoms with van der Waals surface area (Å²) in [4.78, 5) is 4.84. The molecule has 1 aromatic carbocycles. The van der Waals surface area contributed by atoms with Crippen LogP contribution in [0.15, 0.2) is 18.2 Å². The maximum absolute atomic E-state index is 10.5. The summed E-state index contributed by atoms with van der Waals surface area (Å²) in [6.07, 6.45) is 0.723. The number of ether oxygens (including phenoxy) is 1. The maximum atomic E-state index is 10.5. The second-order valence-corrected chi connectivity index (χ2v) is 5.90. The largest absolute Gasteiger partial charge is 0.496 e. The zero-order valence-corrected chi connectivity index (χ0v) is 13.5. The van der Waals surface area contributed by atoms with Gasteiger partial charge in [0.1, 0.15) is 5.75 Å². The minimum atomic E-state index is -0.488. The monoisotopic (exact) mass is 292 g/mol. The maximum Gasteiger partial charge on any atom is 0.124 e. The molecule has 4 heteroatoms. The normalized spacial score (nSPS) is 18.7. The fourth-order valence-electron chi connectivity index (χ4n) is 2.97. The van der Waals surface area contributed by atoms with Gasteiger partial charge in [-0.3, -0.25) is 4.90 Å². The van der Waals surface area contributed by atoms with Gasteiger partial charge in [0.05, 0.1) is 13.2 Å². The summed E-state index contributed by atoms with van der Waals surface area (Å²) in [5, 5.41) is 10.5. The van der Waals surface area contributed by atoms with E-state index in [4.69, 9.17) is 4.74 Å². The van der Waals surface area contributed by atoms with Crippen LogP contribution in [0.2, 0.25) is 0 Å². The molecule has 1 fully saturated rings. The van der Waals surface area contributed by atoms with Crippen molar-refractivity contribution in [2.75, 3.05) is 46.4 Å². The highest BCUT2D eigenvalue weighted by molar-refractivity contribution is 5.38. The second kappa shape index (κ2) is 7.78. The second-order valence-electron chi connectivity index (χ2n) is 5.90. The Hall–Kier alpha value is -1.10. The van der Waals surface area contributed by atoms with Gasteiger partial charge in [0, 0.05) is 38.3 Å². The Balaban J connectivity index is 1.93. The van der Waals surface area contributed by atoms with E-state index in [0.29, 0.717) is 6.54 Å². The Kier molecular flexibility index (Phi) is 6.03. The van der Waals surface area contributed by atoms with Gasteiger partial charge < -0.3 is 14.7 Å². The zero-order valence-electron chi connectivity index (χ0n) is 13.5. The van der Waals surface area contributed by atoms with Crippen LogP contribution in [-0.2, 0) is 0 Å². The predicted octanol–water partition coefficient (Wildman–Crippen LogP) is 2.06. The number of piperazine rings is 1. The molecule has 21 heavy (non-hydrogen) atoms. The molecule has 1 saturated heterocycles. The van der Waals surface area contributed by atoms with Crippen molar-refractivity contribution in [3.05, 3.63) is 29.3 Å². The highest BCUT2D eigenvalue weighted by atomic mass is 16.5. The van der Waals surface area contributed by atoms with Crippen molar-refractivity contribution in [3.8, 4) is 5.75 Å². The van der Waals surface area contributed by atoms with Gasteiger partial charge in [-0.2, -0.15) is 0 Å². The lowest BCUT2D eigenvalue weighted by molar-refractivity contribution is 0.0714. The van der Waals surface area contributed by atoms with Crippen LogP contribution in [0.3, 0.4) is 0 Å². The van der Waals surface area contributed by atoms with Crippen LogP contribution in [0.25, 0.3) is 0 Å². The summed E-state index contributed by atoms with van der Waals surface area (Å²) in [7, 11) is 1.66. The lowest BCUT2D eigenvalue weighted by Crippen LogP contribution is -2.47. The molecule has 0 spiro atoms. The van der Waals surface area contributed by atoms with Gasteiger partial charge in [-0.25, -0.2) is 0 Å². The van der Waals surface area contributed by atoms with Crippen LogP contribution in [0.5, 0.6) is 5.75 Å². The molecule has 0 aromatic heterocycles. The van der Waals surface area contributed by atoms with Crippen molar-refractivity contribution in [2.24, 2.45) is 0 Å². The van der Waals surface area contributed by atoms with E-state index in [0.717, 1.165) is 43.1 Å². The van der Waals surface area contributed by atoms with Crippen molar-refractivity contribution in [1.29, 1.82) is 0 Å². The van der Waals surface area contributed by atoms with Crippen molar-refractivity contribution in [1.82, 2.24) is 9.80 Å². The molecule has 118 valence electrons. The summed E-state index contributed by atoms with van der Waals surface area (Å²) in [5.41, 5.74) is 2.05. The first-order valence-corrected chi connectivity index (χ1v) is 7.91. The summed E-state index contributed by atoms with van der Waals surface area (Å²) in [5.74, 6) is 0.776. The number of β-amino-alcohol motifs (C(OH)–C–C–N with tert-alkyl or cyclic N) is 1. The van der Waals surface area contributed by atoms with E-state index in [1.54, 1.807) is 7.11 Å². The highest BCUT2D eigenvalue weighted by Gasteiger charge is 2.21. The minimum Gasteiger partial charge on any atom is -0.496 e. The molecule has 0 aliphatic carbocycles. The Morgan fingerprint density at radius 3 is 2.48 bits per heavy atom. The first-order valence-electron chi connectivity index (χ1n) is 7.91. The van der Waals surface area contributed by atoms with E-state index < -0.39 is 6.10 Å². The van der Waals surface area contributed by atoms with Crippen LogP contribution in [0.4, 0.5) is 0 Å². The third kappa shape index (κ3) is 4.43. The molecule has 1 aliphatic heterocycles. The average molecular weight is 292 g/mol. The lowest BCUT2D eigenvalue weighted by atomic mass is 10.0. The summed E-state index contributed by atoms with van der Waals surface area (Å²) in [6, 6.07) is 5.97. The van der Waals surface area contributed by atoms with Gasteiger partial charge in [0.15, 0.2) is 0 Å². The number of benzene rings is 1. The number of aliphatic hydroxyl groups excluding tert-OH is 1. The molecular formula is C17H28N2O2. The van der Waals surface area contributed by atoms with Crippen molar-refractivity contribution in [2.45, 2.75) is 26.4 Å². The van der Waals surface area contributed by atoms with Crippen molar-refractivity contribution < 1.29 is 9.84 Å². The molecule has 4 nitrogen and oxygen atoms in total. The van der Waals surface area contributed by atoms with Crippen LogP contribution >= 0.6 is 0 Å². The Labute approximate surface area is 128 Å². The van der Waals surface area contributed by atoms with E-state index in [9.17, 15) is 5.11 Å². The van der Waals surface area contributed by atoms with Crippen LogP contribution < -0.4 is 4.74 Å². The molecule has 0 bridgehead atoms. The minimum absolute atomic E-state index is 0.488. The molecule has 1 aliphatic rings. The van der Waals surface area contributed by atoms with Crippen molar-refractivity contribution >= 4 is 0 Å². The number of aliphatic hydroxyl groups is 1. The van der Waals surface area contributed by atoms with Gasteiger partial charge in [0.2, 0.25) is 0 Å². The quantitative estimate of drug-likeness (QED) is 0.871. The fraction of sp³-hybridized carbons (Fsp3) is 0.647. The first-order chi connectivity index (χ1) is 10.1. The Morgan fingerprint density at radius 2 is 1.86 bits per heavy atom. The molecule has 1 atom stereocenters. The predicted molar refractivity (Wildman–Crippen MR) is 85.9 cm³/mol. The molecule has 1 unspecified atom stereocenters. The zero-order chi connectivity index (χ0) is 15.2. The highest BCUT2D eigenvalue weighted by Crippen LogP contribution is 2.27. The third-order valence-electron chi connectivity index (χ3n) is 4.18. The summed E-state index contributed by atoms with van der Waals surface area (Å²) < 4.78 is 5.37. The number of methoxy groups -OCH3 is 1. The van der Waals surface area contributed by atoms with E-state index in [1.807, 2.05) is 25.1 Å². The SMILES string of the molecule is CCCN1CCN(CC(O)c2cc(C)ccc2OC)CC1. The lowest BCUT2D eigenvalue weighted by Gasteiger charge is -2.35. The average Bonchev–Trinajstić information content (AvgIpc) is 2.49. The van der Waals surface area contributed by atoms with E-state index in [-0.39, 0.29) is 0 Å². The van der Waals surface area contributed by atoms with Crippen LogP contribution in [-0.4, -0.2) is 61.3 Å². The molecule has 0 radical (unpaired) electrons. The number of hydrogen-bond donors (Lipinski definition) is 1. The van der Waals surface area contributed by atoms with E-state index >= 15 is 0 Å². The smallest absolute Gasteiger partial charge is 0.124 e. The molecule has 1 N–H and O–H groups in total. The molecule has 0 amide bonds. The third-order valence-corrected chi connectivity index (χ3v) is 4.18. The first kappa shape index (κ1) is 16.3. The number of aryl methyl sites for hydroxylation is 1. The van der Waals surface area contributed by atoms with Gasteiger partial charge in [-0.15, -0.1) is 0 Å². The number of nitrogens with zero attached hydrogens (tertiary/aromatic N) is 2. The van der Waals surface area contributed by atoms with E-state index in [2.05, 4.69) is 16.7 Å². The van der Waals surface area contributed by atoms with E-state index in [1.165, 1.54) is 13.0 Å². The topological polar surface area (TPSA) is 35.9 Å². The van der Waals surface area contributed by atoms with Gasteiger partial charge >= 0.3 is 0 Å². The van der Waals surface area contributed by atoms with Crippen molar-refractivity contribution in [3.63, 3.8) is 0 Å². The molecule has 1 aromatic rings. The number of hydrogen-bond acceptors (Lipinski definition) is 4. The molecule has 1 heterocycles. The standard InChI is InChI=1S/C17H28N2O2/c1-4-7-18-8-10-19(11-9-18)13-16(20)15-12-14(2)5-6-17(15)21-3/h5-6,12,16,20H,4,7-11,13H2,1-3H3.